The first-order valence-corrected chi connectivity index (χ1v) is 6.81. The van der Waals surface area contributed by atoms with Crippen molar-refractivity contribution in [2.45, 2.75) is 38.5 Å². The summed E-state index contributed by atoms with van der Waals surface area (Å²) in [7, 11) is 0. The zero-order valence-electron chi connectivity index (χ0n) is 11.2. The van der Waals surface area contributed by atoms with E-state index < -0.39 is 5.97 Å². The van der Waals surface area contributed by atoms with Crippen molar-refractivity contribution < 1.29 is 14.7 Å². The van der Waals surface area contributed by atoms with Crippen LogP contribution >= 0.6 is 0 Å². The fourth-order valence-corrected chi connectivity index (χ4v) is 2.25. The molecule has 0 spiro atoms. The molecule has 1 saturated heterocycles. The molecule has 2 amide bonds. The van der Waals surface area contributed by atoms with Crippen LogP contribution in [0, 0.1) is 18.3 Å². The quantitative estimate of drug-likeness (QED) is 0.567. The second-order valence-corrected chi connectivity index (χ2v) is 4.92. The molecule has 0 aromatic rings. The van der Waals surface area contributed by atoms with Crippen LogP contribution in [-0.4, -0.2) is 41.6 Å². The van der Waals surface area contributed by atoms with E-state index in [-0.39, 0.29) is 18.4 Å². The van der Waals surface area contributed by atoms with Crippen LogP contribution in [0.15, 0.2) is 0 Å². The Labute approximate surface area is 114 Å². The van der Waals surface area contributed by atoms with Gasteiger partial charge in [-0.05, 0) is 31.6 Å². The molecule has 0 radical (unpaired) electrons. The van der Waals surface area contributed by atoms with Gasteiger partial charge in [0.1, 0.15) is 0 Å². The smallest absolute Gasteiger partial charge is 0.317 e. The van der Waals surface area contributed by atoms with Crippen molar-refractivity contribution in [2.24, 2.45) is 5.92 Å². The molecule has 0 unspecified atom stereocenters. The lowest BCUT2D eigenvalue weighted by atomic mass is 9.94. The van der Waals surface area contributed by atoms with Crippen LogP contribution in [0.3, 0.4) is 0 Å². The Hall–Kier alpha value is -1.70. The first-order valence-electron chi connectivity index (χ1n) is 6.81. The summed E-state index contributed by atoms with van der Waals surface area (Å²) in [5.41, 5.74) is 0. The van der Waals surface area contributed by atoms with Gasteiger partial charge in [-0.25, -0.2) is 4.79 Å². The lowest BCUT2D eigenvalue weighted by molar-refractivity contribution is -0.138. The average molecular weight is 266 g/mol. The van der Waals surface area contributed by atoms with Crippen molar-refractivity contribution in [1.82, 2.24) is 10.2 Å². The normalized spacial score (nSPS) is 15.8. The molecule has 1 aliphatic rings. The van der Waals surface area contributed by atoms with Gasteiger partial charge in [0.05, 0.1) is 0 Å². The number of carboxylic acid groups (broad SMARTS) is 1. The molecule has 0 atom stereocenters. The second-order valence-electron chi connectivity index (χ2n) is 4.92. The number of likely N-dealkylation sites (tertiary alicyclic amines) is 1. The Morgan fingerprint density at radius 3 is 2.58 bits per heavy atom. The van der Waals surface area contributed by atoms with E-state index in [1.165, 1.54) is 0 Å². The Morgan fingerprint density at radius 2 is 2.00 bits per heavy atom. The van der Waals surface area contributed by atoms with Gasteiger partial charge in [0.2, 0.25) is 0 Å². The maximum atomic E-state index is 11.8. The van der Waals surface area contributed by atoms with E-state index in [0.29, 0.717) is 19.6 Å². The minimum Gasteiger partial charge on any atom is -0.481 e. The number of nitrogens with zero attached hydrogens (tertiary/aromatic N) is 1. The van der Waals surface area contributed by atoms with Crippen LogP contribution in [0.1, 0.15) is 38.5 Å². The van der Waals surface area contributed by atoms with Crippen molar-refractivity contribution in [2.75, 3.05) is 19.6 Å². The summed E-state index contributed by atoms with van der Waals surface area (Å²) in [4.78, 5) is 24.2. The lowest BCUT2D eigenvalue weighted by Gasteiger charge is -2.31. The van der Waals surface area contributed by atoms with Crippen LogP contribution < -0.4 is 5.32 Å². The molecule has 0 saturated carbocycles. The molecule has 19 heavy (non-hydrogen) atoms. The Kier molecular flexibility index (Phi) is 6.80. The van der Waals surface area contributed by atoms with Crippen LogP contribution in [0.2, 0.25) is 0 Å². The number of nitrogens with one attached hydrogen (secondary N) is 1. The fraction of sp³-hybridized carbons (Fsp3) is 0.714. The minimum absolute atomic E-state index is 0.0468. The van der Waals surface area contributed by atoms with Crippen LogP contribution in [0.5, 0.6) is 0 Å². The van der Waals surface area contributed by atoms with Gasteiger partial charge in [-0.3, -0.25) is 4.79 Å². The molecule has 5 nitrogen and oxygen atoms in total. The van der Waals surface area contributed by atoms with Crippen LogP contribution in [0.25, 0.3) is 0 Å². The number of carboxylic acids is 1. The fourth-order valence-electron chi connectivity index (χ4n) is 2.25. The number of carbonyl (C=O) groups excluding carboxylic acids is 1. The molecule has 0 aromatic carbocycles. The maximum Gasteiger partial charge on any atom is 0.317 e. The third kappa shape index (κ3) is 6.14. The summed E-state index contributed by atoms with van der Waals surface area (Å²) in [6.07, 6.45) is 9.48. The average Bonchev–Trinajstić information content (AvgIpc) is 2.38. The highest BCUT2D eigenvalue weighted by molar-refractivity contribution is 5.74. The lowest BCUT2D eigenvalue weighted by Crippen LogP contribution is -2.44. The van der Waals surface area contributed by atoms with Gasteiger partial charge in [-0.15, -0.1) is 12.3 Å². The zero-order valence-corrected chi connectivity index (χ0v) is 11.2. The van der Waals surface area contributed by atoms with Crippen LogP contribution in [0.4, 0.5) is 4.79 Å². The maximum absolute atomic E-state index is 11.8. The van der Waals surface area contributed by atoms with Crippen LogP contribution in [-0.2, 0) is 4.79 Å². The number of hydrogen-bond acceptors (Lipinski definition) is 2. The summed E-state index contributed by atoms with van der Waals surface area (Å²) in [6, 6.07) is -0.0468. The summed E-state index contributed by atoms with van der Waals surface area (Å²) < 4.78 is 0. The first-order chi connectivity index (χ1) is 9.13. The van der Waals surface area contributed by atoms with E-state index in [2.05, 4.69) is 11.2 Å². The molecular weight excluding hydrogens is 244 g/mol. The highest BCUT2D eigenvalue weighted by atomic mass is 16.4. The van der Waals surface area contributed by atoms with Gasteiger partial charge in [0.15, 0.2) is 0 Å². The van der Waals surface area contributed by atoms with Gasteiger partial charge in [-0.1, -0.05) is 0 Å². The van der Waals surface area contributed by atoms with Crippen molar-refractivity contribution >= 4 is 12.0 Å². The third-order valence-corrected chi connectivity index (χ3v) is 3.39. The molecular formula is C14H22N2O3. The summed E-state index contributed by atoms with van der Waals surface area (Å²) in [5, 5.41) is 11.6. The number of urea groups is 1. The predicted molar refractivity (Wildman–Crippen MR) is 72.6 cm³/mol. The Bertz CT molecular complexity index is 341. The van der Waals surface area contributed by atoms with E-state index in [9.17, 15) is 9.59 Å². The number of rotatable bonds is 6. The molecule has 1 rings (SSSR count). The topological polar surface area (TPSA) is 69.6 Å². The van der Waals surface area contributed by atoms with Crippen molar-refractivity contribution in [3.8, 4) is 12.3 Å². The highest BCUT2D eigenvalue weighted by Gasteiger charge is 2.23. The van der Waals surface area contributed by atoms with Crippen molar-refractivity contribution in [3.05, 3.63) is 0 Å². The number of piperidine rings is 1. The number of unbranched alkanes of at least 4 members (excludes halogenated alkanes) is 2. The Morgan fingerprint density at radius 1 is 1.32 bits per heavy atom. The number of amides is 2. The molecule has 0 aromatic heterocycles. The van der Waals surface area contributed by atoms with Gasteiger partial charge < -0.3 is 15.3 Å². The molecule has 2 N–H and O–H groups in total. The van der Waals surface area contributed by atoms with E-state index in [1.807, 2.05) is 0 Å². The summed E-state index contributed by atoms with van der Waals surface area (Å²) >= 11 is 0. The first kappa shape index (κ1) is 15.4. The van der Waals surface area contributed by atoms with E-state index in [4.69, 9.17) is 11.5 Å². The molecule has 1 aliphatic heterocycles. The van der Waals surface area contributed by atoms with Gasteiger partial charge >= 0.3 is 12.0 Å². The summed E-state index contributed by atoms with van der Waals surface area (Å²) in [5.74, 6) is 2.02. The van der Waals surface area contributed by atoms with Gasteiger partial charge in [-0.2, -0.15) is 0 Å². The number of hydrogen-bond donors (Lipinski definition) is 2. The molecule has 106 valence electrons. The largest absolute Gasteiger partial charge is 0.481 e. The molecule has 5 heteroatoms. The monoisotopic (exact) mass is 266 g/mol. The Balaban J connectivity index is 2.15. The molecule has 0 aliphatic carbocycles. The predicted octanol–water partition coefficient (Wildman–Crippen LogP) is 1.69. The molecule has 1 fully saturated rings. The molecule has 1 heterocycles. The third-order valence-electron chi connectivity index (χ3n) is 3.39. The highest BCUT2D eigenvalue weighted by Crippen LogP contribution is 2.20. The van der Waals surface area contributed by atoms with Gasteiger partial charge in [0, 0.05) is 32.5 Å². The number of carbonyl (C=O) groups is 2. The van der Waals surface area contributed by atoms with Gasteiger partial charge in [0.25, 0.3) is 0 Å². The zero-order chi connectivity index (χ0) is 14.1. The summed E-state index contributed by atoms with van der Waals surface area (Å²) in [6.45, 7) is 1.94. The van der Waals surface area contributed by atoms with E-state index in [0.717, 1.165) is 32.1 Å². The molecule has 0 bridgehead atoms. The SMILES string of the molecule is C#CCCCCNC(=O)N1CCC(CC(=O)O)CC1. The standard InChI is InChI=1S/C14H22N2O3/c1-2-3-4-5-8-15-14(19)16-9-6-12(7-10-16)11-13(17)18/h1,12H,3-11H2,(H,15,19)(H,17,18). The number of terminal acetylenes is 1. The van der Waals surface area contributed by atoms with Crippen molar-refractivity contribution in [1.29, 1.82) is 0 Å². The second kappa shape index (κ2) is 8.41. The number of aliphatic carboxylic acids is 1. The van der Waals surface area contributed by atoms with E-state index >= 15 is 0 Å². The minimum atomic E-state index is -0.753. The van der Waals surface area contributed by atoms with Crippen molar-refractivity contribution in [3.63, 3.8) is 0 Å². The van der Waals surface area contributed by atoms with E-state index in [1.54, 1.807) is 4.90 Å².